The molecule has 3 atom stereocenters. The van der Waals surface area contributed by atoms with Crippen molar-refractivity contribution in [1.29, 1.82) is 0 Å². The van der Waals surface area contributed by atoms with Crippen LogP contribution in [-0.2, 0) is 0 Å². The maximum Gasteiger partial charge on any atom is 0.0348 e. The fourth-order valence-electron chi connectivity index (χ4n) is 4.75. The van der Waals surface area contributed by atoms with Gasteiger partial charge in [0.2, 0.25) is 0 Å². The summed E-state index contributed by atoms with van der Waals surface area (Å²) in [6.07, 6.45) is 17.4. The third-order valence-electron chi connectivity index (χ3n) is 6.82. The molecule has 0 aromatic heterocycles. The molecule has 0 aliphatic carbocycles. The second kappa shape index (κ2) is 20.4. The highest BCUT2D eigenvalue weighted by molar-refractivity contribution is 5.16. The smallest absolute Gasteiger partial charge is 0.0348 e. The van der Waals surface area contributed by atoms with Gasteiger partial charge in [0.1, 0.15) is 0 Å². The Balaban J connectivity index is -0.000000513. The topological polar surface area (TPSA) is 9.72 Å². The highest BCUT2D eigenvalue weighted by Gasteiger charge is 2.42. The highest BCUT2D eigenvalue weighted by Crippen LogP contribution is 2.35. The van der Waals surface area contributed by atoms with E-state index in [4.69, 9.17) is 0 Å². The van der Waals surface area contributed by atoms with E-state index in [1.54, 1.807) is 0 Å². The van der Waals surface area contributed by atoms with Crippen molar-refractivity contribution in [2.75, 3.05) is 19.6 Å². The van der Waals surface area contributed by atoms with Crippen LogP contribution in [0.1, 0.15) is 62.3 Å². The minimum absolute atomic E-state index is 0.116. The summed E-state index contributed by atoms with van der Waals surface area (Å²) in [6.45, 7) is 56.3. The Morgan fingerprint density at radius 1 is 0.487 bits per heavy atom. The Kier molecular flexibility index (Phi) is 21.5. The van der Waals surface area contributed by atoms with Crippen molar-refractivity contribution >= 4 is 0 Å². The Bertz CT molecular complexity index is 679. The van der Waals surface area contributed by atoms with Gasteiger partial charge < -0.3 is 0 Å². The van der Waals surface area contributed by atoms with Gasteiger partial charge in [-0.1, -0.05) is 54.7 Å². The summed E-state index contributed by atoms with van der Waals surface area (Å²) < 4.78 is 0. The van der Waals surface area contributed by atoms with Gasteiger partial charge in [-0.15, -0.1) is 59.2 Å². The van der Waals surface area contributed by atoms with E-state index < -0.39 is 0 Å². The molecule has 0 radical (unpaired) electrons. The molecule has 39 heavy (non-hydrogen) atoms. The van der Waals surface area contributed by atoms with E-state index in [0.29, 0.717) is 18.1 Å². The van der Waals surface area contributed by atoms with E-state index in [-0.39, 0.29) is 16.6 Å². The largest absolute Gasteiger partial charge is 0.292 e. The molecule has 222 valence electrons. The summed E-state index contributed by atoms with van der Waals surface area (Å²) in [5.41, 5.74) is -0.347. The van der Waals surface area contributed by atoms with E-state index in [1.165, 1.54) is 0 Å². The zero-order chi connectivity index (χ0) is 31.4. The summed E-state index contributed by atoms with van der Waals surface area (Å²) in [4.78, 5) is 6.88. The first-order valence-corrected chi connectivity index (χ1v) is 13.9. The molecule has 0 aliphatic heterocycles. The third kappa shape index (κ3) is 15.1. The van der Waals surface area contributed by atoms with Crippen molar-refractivity contribution in [3.63, 3.8) is 0 Å². The van der Waals surface area contributed by atoms with Crippen LogP contribution in [0.3, 0.4) is 0 Å². The molecule has 0 heterocycles. The van der Waals surface area contributed by atoms with Crippen molar-refractivity contribution in [2.24, 2.45) is 0 Å². The predicted molar refractivity (Wildman–Crippen MR) is 183 cm³/mol. The quantitative estimate of drug-likeness (QED) is 0.161. The monoisotopic (exact) mass is 538 g/mol. The number of hydrogen-bond acceptors (Lipinski definition) is 3. The molecule has 0 aromatic carbocycles. The Morgan fingerprint density at radius 2 is 0.718 bits per heavy atom. The third-order valence-corrected chi connectivity index (χ3v) is 6.82. The second-order valence-corrected chi connectivity index (χ2v) is 11.4. The molecule has 3 heteroatoms. The fraction of sp³-hybridized carbons (Fsp3) is 0.500. The lowest BCUT2D eigenvalue weighted by Crippen LogP contribution is -2.62. The molecule has 0 rings (SSSR count). The lowest BCUT2D eigenvalue weighted by molar-refractivity contribution is 0.00355. The highest BCUT2D eigenvalue weighted by atomic mass is 15.3. The van der Waals surface area contributed by atoms with E-state index >= 15 is 0 Å². The molecule has 0 aromatic rings. The van der Waals surface area contributed by atoms with Gasteiger partial charge in [0.15, 0.2) is 0 Å². The van der Waals surface area contributed by atoms with E-state index in [9.17, 15) is 0 Å². The first-order valence-electron chi connectivity index (χ1n) is 13.9. The van der Waals surface area contributed by atoms with Crippen LogP contribution >= 0.6 is 0 Å². The second-order valence-electron chi connectivity index (χ2n) is 11.4. The molecular formula is C36H63N3. The van der Waals surface area contributed by atoms with E-state index in [1.807, 2.05) is 54.7 Å². The molecule has 0 bridgehead atoms. The van der Waals surface area contributed by atoms with Crippen LogP contribution in [0.25, 0.3) is 0 Å². The number of rotatable bonds is 18. The number of hydrogen-bond donors (Lipinski definition) is 0. The van der Waals surface area contributed by atoms with Crippen molar-refractivity contribution in [3.05, 3.63) is 114 Å². The zero-order valence-corrected chi connectivity index (χ0v) is 27.3. The lowest BCUT2D eigenvalue weighted by atomic mass is 9.85. The molecule has 0 saturated carbocycles. The van der Waals surface area contributed by atoms with Gasteiger partial charge >= 0.3 is 0 Å². The zero-order valence-electron chi connectivity index (χ0n) is 27.3. The van der Waals surface area contributed by atoms with Gasteiger partial charge in [0.05, 0.1) is 0 Å². The van der Waals surface area contributed by atoms with Gasteiger partial charge in [-0.25, -0.2) is 0 Å². The van der Waals surface area contributed by atoms with Crippen LogP contribution in [0.4, 0.5) is 0 Å². The molecule has 3 nitrogen and oxygen atoms in total. The first kappa shape index (κ1) is 41.0. The Morgan fingerprint density at radius 3 is 0.872 bits per heavy atom. The summed E-state index contributed by atoms with van der Waals surface area (Å²) in [5.74, 6) is 0. The molecule has 0 saturated heterocycles. The lowest BCUT2D eigenvalue weighted by Gasteiger charge is -2.54. The van der Waals surface area contributed by atoms with Crippen LogP contribution < -0.4 is 0 Å². The van der Waals surface area contributed by atoms with Gasteiger partial charge in [-0.05, 0) is 62.3 Å². The average molecular weight is 538 g/mol. The van der Waals surface area contributed by atoms with Crippen LogP contribution in [-0.4, -0.2) is 69.1 Å². The molecule has 0 aliphatic rings. The summed E-state index contributed by atoms with van der Waals surface area (Å²) in [7, 11) is 0. The van der Waals surface area contributed by atoms with Crippen molar-refractivity contribution in [3.8, 4) is 0 Å². The molecule has 0 amide bonds. The van der Waals surface area contributed by atoms with Gasteiger partial charge in [-0.2, -0.15) is 0 Å². The first-order chi connectivity index (χ1) is 18.0. The summed E-state index contributed by atoms with van der Waals surface area (Å²) in [6, 6.07) is 1.04. The average Bonchev–Trinajstić information content (AvgIpc) is 2.89. The minimum Gasteiger partial charge on any atom is -0.292 e. The van der Waals surface area contributed by atoms with Crippen molar-refractivity contribution < 1.29 is 0 Å². The van der Waals surface area contributed by atoms with Crippen LogP contribution in [0.15, 0.2) is 114 Å². The van der Waals surface area contributed by atoms with Crippen LogP contribution in [0, 0.1) is 0 Å². The molecule has 0 N–H and O–H groups in total. The maximum absolute atomic E-state index is 3.94. The van der Waals surface area contributed by atoms with Gasteiger partial charge in [0.25, 0.3) is 0 Å². The maximum atomic E-state index is 3.94. The van der Waals surface area contributed by atoms with E-state index in [0.717, 1.165) is 19.6 Å². The normalized spacial score (nSPS) is 13.8. The minimum atomic E-state index is -0.116. The molecule has 0 spiro atoms. The van der Waals surface area contributed by atoms with Crippen molar-refractivity contribution in [2.45, 2.75) is 97.1 Å². The van der Waals surface area contributed by atoms with Crippen LogP contribution in [0.2, 0.25) is 0 Å². The molecule has 3 unspecified atom stereocenters. The molecule has 0 fully saturated rings. The standard InChI is InChI=1S/C15H27N.C12H21N.C9H15N/c1-10-13(4,5)16(14(6,7)11-2)15(8,9)12-3;1-7-10(4)13(11(5)8-2)12(6)9-3;1-4-7-10(8-5-2)9-6-3/h10-12H,1-3H2,4-9H3;7-12H,1-3H2,4-6H3;4-6H,1-3,7-9H2. The van der Waals surface area contributed by atoms with Crippen LogP contribution in [0.5, 0.6) is 0 Å². The predicted octanol–water partition coefficient (Wildman–Crippen LogP) is 9.04. The van der Waals surface area contributed by atoms with Crippen molar-refractivity contribution in [1.82, 2.24) is 14.7 Å². The molecular weight excluding hydrogens is 474 g/mol. The Hall–Kier alpha value is -2.46. The van der Waals surface area contributed by atoms with Gasteiger partial charge in [-0.3, -0.25) is 14.7 Å². The SMILES string of the molecule is C=CC(C)(C)N(C(C)(C)C=C)C(C)(C)C=C.C=CC(C)N(C(C)C=C)C(C)C=C.C=CCN(CC=C)CC=C. The summed E-state index contributed by atoms with van der Waals surface area (Å²) in [5, 5.41) is 0. The number of nitrogens with zero attached hydrogens (tertiary/aromatic N) is 3. The fourth-order valence-corrected chi connectivity index (χ4v) is 4.75. The summed E-state index contributed by atoms with van der Waals surface area (Å²) >= 11 is 0. The van der Waals surface area contributed by atoms with E-state index in [2.05, 4.69) is 136 Å². The Labute approximate surface area is 245 Å². The van der Waals surface area contributed by atoms with Gasteiger partial charge in [0, 0.05) is 54.4 Å².